The van der Waals surface area contributed by atoms with Crippen LogP contribution in [0.1, 0.15) is 20.8 Å². The van der Waals surface area contributed by atoms with Gasteiger partial charge in [0.1, 0.15) is 5.75 Å². The molecule has 0 aliphatic carbocycles. The maximum atomic E-state index is 12.4. The Bertz CT molecular complexity index is 852. The highest BCUT2D eigenvalue weighted by Crippen LogP contribution is 2.24. The molecule has 1 saturated heterocycles. The van der Waals surface area contributed by atoms with Crippen LogP contribution in [0.3, 0.4) is 0 Å². The molecule has 1 heterocycles. The normalized spacial score (nSPS) is 15.1. The molecule has 0 aromatic heterocycles. The molecule has 0 unspecified atom stereocenters. The van der Waals surface area contributed by atoms with Crippen molar-refractivity contribution in [3.8, 4) is 5.75 Å². The summed E-state index contributed by atoms with van der Waals surface area (Å²) in [6.45, 7) is 8.02. The van der Waals surface area contributed by atoms with E-state index in [2.05, 4.69) is 15.9 Å². The molecule has 144 valence electrons. The fourth-order valence-electron chi connectivity index (χ4n) is 3.15. The lowest BCUT2D eigenvalue weighted by molar-refractivity contribution is -0.145. The summed E-state index contributed by atoms with van der Waals surface area (Å²) in [5, 5.41) is 2.18. The number of carbonyl (C=O) groups is 2. The van der Waals surface area contributed by atoms with Crippen LogP contribution < -0.4 is 4.74 Å². The van der Waals surface area contributed by atoms with E-state index in [9.17, 15) is 9.59 Å². The first-order valence-electron chi connectivity index (χ1n) is 9.13. The second-order valence-electron chi connectivity index (χ2n) is 7.86. The highest BCUT2D eigenvalue weighted by Gasteiger charge is 2.30. The van der Waals surface area contributed by atoms with E-state index in [1.165, 1.54) is 0 Å². The summed E-state index contributed by atoms with van der Waals surface area (Å²) in [5.41, 5.74) is -0.388. The minimum absolute atomic E-state index is 0.00918. The Labute approximate surface area is 168 Å². The van der Waals surface area contributed by atoms with Crippen molar-refractivity contribution >= 4 is 38.5 Å². The molecule has 0 bridgehead atoms. The van der Waals surface area contributed by atoms with Gasteiger partial charge >= 0.3 is 0 Å². The molecule has 2 aromatic rings. The Kier molecular flexibility index (Phi) is 5.75. The van der Waals surface area contributed by atoms with Gasteiger partial charge in [-0.3, -0.25) is 9.59 Å². The molecule has 0 saturated carbocycles. The summed E-state index contributed by atoms with van der Waals surface area (Å²) in [6.07, 6.45) is 0. The average Bonchev–Trinajstić information content (AvgIpc) is 2.64. The highest BCUT2D eigenvalue weighted by atomic mass is 79.9. The smallest absolute Gasteiger partial charge is 0.260 e. The molecule has 0 atom stereocenters. The summed E-state index contributed by atoms with van der Waals surface area (Å²) in [6, 6.07) is 11.8. The summed E-state index contributed by atoms with van der Waals surface area (Å²) < 4.78 is 6.73. The number of rotatable bonds is 3. The lowest BCUT2D eigenvalue weighted by Gasteiger charge is -2.37. The van der Waals surface area contributed by atoms with Crippen molar-refractivity contribution in [1.82, 2.24) is 9.80 Å². The molecule has 2 aromatic carbocycles. The number of halogens is 1. The van der Waals surface area contributed by atoms with Crippen molar-refractivity contribution in [2.24, 2.45) is 5.41 Å². The Morgan fingerprint density at radius 3 is 2.22 bits per heavy atom. The van der Waals surface area contributed by atoms with Crippen LogP contribution in [0.25, 0.3) is 10.8 Å². The molecule has 2 amide bonds. The Morgan fingerprint density at radius 1 is 0.963 bits per heavy atom. The van der Waals surface area contributed by atoms with Crippen LogP contribution >= 0.6 is 15.9 Å². The van der Waals surface area contributed by atoms with E-state index in [-0.39, 0.29) is 23.8 Å². The van der Waals surface area contributed by atoms with Crippen molar-refractivity contribution in [2.45, 2.75) is 20.8 Å². The molecule has 1 aliphatic heterocycles. The number of nitrogens with zero attached hydrogens (tertiary/aromatic N) is 2. The number of piperazine rings is 1. The predicted octanol–water partition coefficient (Wildman–Crippen LogP) is 3.70. The zero-order chi connectivity index (χ0) is 19.6. The van der Waals surface area contributed by atoms with Crippen molar-refractivity contribution < 1.29 is 14.3 Å². The molecular formula is C21H25BrN2O3. The molecule has 1 aliphatic rings. The van der Waals surface area contributed by atoms with E-state index in [0.717, 1.165) is 15.2 Å². The third-order valence-electron chi connectivity index (χ3n) is 4.70. The van der Waals surface area contributed by atoms with Gasteiger partial charge in [0.2, 0.25) is 5.91 Å². The molecule has 0 radical (unpaired) electrons. The SMILES string of the molecule is CC(C)(C)C(=O)N1CCN(C(=O)COc2ccc3cc(Br)ccc3c2)CC1. The maximum Gasteiger partial charge on any atom is 0.260 e. The number of fused-ring (bicyclic) bond motifs is 1. The van der Waals surface area contributed by atoms with Gasteiger partial charge in [0.15, 0.2) is 6.61 Å². The first kappa shape index (κ1) is 19.7. The summed E-state index contributed by atoms with van der Waals surface area (Å²) in [5.74, 6) is 0.766. The molecule has 5 nitrogen and oxygen atoms in total. The lowest BCUT2D eigenvalue weighted by Crippen LogP contribution is -2.53. The molecule has 27 heavy (non-hydrogen) atoms. The molecule has 0 spiro atoms. The van der Waals surface area contributed by atoms with E-state index in [1.54, 1.807) is 4.90 Å². The minimum Gasteiger partial charge on any atom is -0.484 e. The largest absolute Gasteiger partial charge is 0.484 e. The van der Waals surface area contributed by atoms with Gasteiger partial charge in [0, 0.05) is 36.1 Å². The number of amides is 2. The van der Waals surface area contributed by atoms with Crippen LogP contribution in [0, 0.1) is 5.41 Å². The molecule has 3 rings (SSSR count). The topological polar surface area (TPSA) is 49.9 Å². The van der Waals surface area contributed by atoms with E-state index in [4.69, 9.17) is 4.74 Å². The van der Waals surface area contributed by atoms with Gasteiger partial charge in [-0.1, -0.05) is 48.8 Å². The average molecular weight is 433 g/mol. The fraction of sp³-hybridized carbons (Fsp3) is 0.429. The third-order valence-corrected chi connectivity index (χ3v) is 5.19. The zero-order valence-corrected chi connectivity index (χ0v) is 17.6. The van der Waals surface area contributed by atoms with Crippen molar-refractivity contribution in [1.29, 1.82) is 0 Å². The predicted molar refractivity (Wildman–Crippen MR) is 110 cm³/mol. The fourth-order valence-corrected chi connectivity index (χ4v) is 3.53. The van der Waals surface area contributed by atoms with Crippen LogP contribution in [0.15, 0.2) is 40.9 Å². The maximum absolute atomic E-state index is 12.4. The monoisotopic (exact) mass is 432 g/mol. The highest BCUT2D eigenvalue weighted by molar-refractivity contribution is 9.10. The van der Waals surface area contributed by atoms with Crippen molar-refractivity contribution in [3.63, 3.8) is 0 Å². The second kappa shape index (κ2) is 7.89. The van der Waals surface area contributed by atoms with E-state index < -0.39 is 0 Å². The van der Waals surface area contributed by atoms with Gasteiger partial charge in [0.05, 0.1) is 0 Å². The first-order valence-corrected chi connectivity index (χ1v) is 9.92. The Morgan fingerprint density at radius 2 is 1.56 bits per heavy atom. The zero-order valence-electron chi connectivity index (χ0n) is 16.0. The van der Waals surface area contributed by atoms with Gasteiger partial charge in [-0.25, -0.2) is 0 Å². The number of hydrogen-bond donors (Lipinski definition) is 0. The van der Waals surface area contributed by atoms with Gasteiger partial charge in [-0.2, -0.15) is 0 Å². The van der Waals surface area contributed by atoms with Crippen LogP contribution in [0.5, 0.6) is 5.75 Å². The number of ether oxygens (including phenoxy) is 1. The lowest BCUT2D eigenvalue weighted by atomic mass is 9.94. The van der Waals surface area contributed by atoms with Gasteiger partial charge < -0.3 is 14.5 Å². The van der Waals surface area contributed by atoms with Crippen LogP contribution in [-0.4, -0.2) is 54.4 Å². The first-order chi connectivity index (χ1) is 12.7. The van der Waals surface area contributed by atoms with Crippen LogP contribution in [0.2, 0.25) is 0 Å². The number of benzene rings is 2. The second-order valence-corrected chi connectivity index (χ2v) is 8.78. The van der Waals surface area contributed by atoms with Crippen LogP contribution in [-0.2, 0) is 9.59 Å². The third kappa shape index (κ3) is 4.80. The molecular weight excluding hydrogens is 408 g/mol. The number of hydrogen-bond acceptors (Lipinski definition) is 3. The minimum atomic E-state index is -0.388. The standard InChI is InChI=1S/C21H25BrN2O3/c1-21(2,3)20(26)24-10-8-23(9-11-24)19(25)14-27-18-7-5-15-12-17(22)6-4-16(15)13-18/h4-7,12-13H,8-11,14H2,1-3H3. The molecule has 0 N–H and O–H groups in total. The summed E-state index contributed by atoms with van der Waals surface area (Å²) in [4.78, 5) is 28.4. The summed E-state index contributed by atoms with van der Waals surface area (Å²) in [7, 11) is 0. The quantitative estimate of drug-likeness (QED) is 0.742. The van der Waals surface area contributed by atoms with Crippen LogP contribution in [0.4, 0.5) is 0 Å². The summed E-state index contributed by atoms with van der Waals surface area (Å²) >= 11 is 3.46. The Balaban J connectivity index is 1.53. The van der Waals surface area contributed by atoms with E-state index in [1.807, 2.05) is 62.1 Å². The van der Waals surface area contributed by atoms with Gasteiger partial charge in [0.25, 0.3) is 5.91 Å². The molecule has 6 heteroatoms. The van der Waals surface area contributed by atoms with Gasteiger partial charge in [-0.05, 0) is 35.0 Å². The van der Waals surface area contributed by atoms with Crippen molar-refractivity contribution in [3.05, 3.63) is 40.9 Å². The Hall–Kier alpha value is -2.08. The number of carbonyl (C=O) groups excluding carboxylic acids is 2. The van der Waals surface area contributed by atoms with Crippen molar-refractivity contribution in [2.75, 3.05) is 32.8 Å². The molecule has 1 fully saturated rings. The van der Waals surface area contributed by atoms with Gasteiger partial charge in [-0.15, -0.1) is 0 Å². The van der Waals surface area contributed by atoms with E-state index >= 15 is 0 Å². The van der Waals surface area contributed by atoms with E-state index in [0.29, 0.717) is 31.9 Å².